The Morgan fingerprint density at radius 2 is 1.30 bits per heavy atom. The Bertz CT molecular complexity index is 358. The third-order valence-corrected chi connectivity index (χ3v) is 5.69. The lowest BCUT2D eigenvalue weighted by Crippen LogP contribution is -2.46. The Kier molecular flexibility index (Phi) is 11.2. The van der Waals surface area contributed by atoms with Crippen LogP contribution in [0.25, 0.3) is 0 Å². The lowest BCUT2D eigenvalue weighted by molar-refractivity contribution is -0.181. The first-order valence-corrected chi connectivity index (χ1v) is 9.48. The molecule has 0 aromatic heterocycles. The molecule has 0 rings (SSSR count). The van der Waals surface area contributed by atoms with Gasteiger partial charge in [-0.3, -0.25) is 0 Å². The molecule has 0 aliphatic heterocycles. The van der Waals surface area contributed by atoms with E-state index in [9.17, 15) is 9.59 Å². The Morgan fingerprint density at radius 1 is 0.913 bits per heavy atom. The molecule has 0 unspecified atom stereocenters. The molecule has 0 atom stereocenters. The summed E-state index contributed by atoms with van der Waals surface area (Å²) in [5.74, 6) is -1.38. The van der Waals surface area contributed by atoms with Crippen LogP contribution < -0.4 is 0 Å². The van der Waals surface area contributed by atoms with Gasteiger partial charge in [0.2, 0.25) is 6.29 Å². The van der Waals surface area contributed by atoms with Gasteiger partial charge in [0.15, 0.2) is 0 Å². The summed E-state index contributed by atoms with van der Waals surface area (Å²) in [7, 11) is -2.92. The maximum atomic E-state index is 11.4. The summed E-state index contributed by atoms with van der Waals surface area (Å²) < 4.78 is 27.1. The normalized spacial score (nSPS) is 11.1. The van der Waals surface area contributed by atoms with Gasteiger partial charge in [-0.05, 0) is 20.8 Å². The molecule has 0 saturated heterocycles. The Morgan fingerprint density at radius 3 is 1.61 bits per heavy atom. The molecule has 23 heavy (non-hydrogen) atoms. The quantitative estimate of drug-likeness (QED) is 0.219. The smallest absolute Gasteiger partial charge is 0.422 e. The zero-order valence-corrected chi connectivity index (χ0v) is 15.0. The summed E-state index contributed by atoms with van der Waals surface area (Å²) >= 11 is 0. The molecule has 7 nitrogen and oxygen atoms in total. The summed E-state index contributed by atoms with van der Waals surface area (Å²) in [4.78, 5) is 22.7. The molecule has 132 valence electrons. The fraction of sp³-hybridized carbons (Fsp3) is 0.600. The van der Waals surface area contributed by atoms with Crippen LogP contribution in [-0.2, 0) is 32.3 Å². The van der Waals surface area contributed by atoms with E-state index < -0.39 is 27.0 Å². The van der Waals surface area contributed by atoms with Crippen LogP contribution >= 0.6 is 0 Å². The van der Waals surface area contributed by atoms with Crippen molar-refractivity contribution in [3.63, 3.8) is 0 Å². The first-order chi connectivity index (χ1) is 11.0. The topological polar surface area (TPSA) is 80.3 Å². The fourth-order valence-electron chi connectivity index (χ4n) is 1.79. The van der Waals surface area contributed by atoms with E-state index in [-0.39, 0.29) is 6.42 Å². The predicted octanol–water partition coefficient (Wildman–Crippen LogP) is 2.21. The highest BCUT2D eigenvalue weighted by Gasteiger charge is 2.41. The van der Waals surface area contributed by atoms with Crippen molar-refractivity contribution in [1.29, 1.82) is 0 Å². The molecule has 0 aliphatic rings. The third kappa shape index (κ3) is 8.65. The monoisotopic (exact) mass is 346 g/mol. The van der Waals surface area contributed by atoms with Crippen LogP contribution in [0.4, 0.5) is 0 Å². The van der Waals surface area contributed by atoms with E-state index in [1.165, 1.54) is 0 Å². The molecule has 8 heteroatoms. The van der Waals surface area contributed by atoms with Crippen molar-refractivity contribution in [3.05, 3.63) is 25.3 Å². The first kappa shape index (κ1) is 21.5. The van der Waals surface area contributed by atoms with Gasteiger partial charge in [0.05, 0.1) is 0 Å². The molecule has 0 fully saturated rings. The molecule has 0 bridgehead atoms. The molecular formula is C15H26O7Si. The van der Waals surface area contributed by atoms with Crippen LogP contribution in [0.2, 0.25) is 6.04 Å². The van der Waals surface area contributed by atoms with E-state index in [2.05, 4.69) is 13.2 Å². The van der Waals surface area contributed by atoms with Crippen molar-refractivity contribution in [2.75, 3.05) is 19.8 Å². The fourth-order valence-corrected chi connectivity index (χ4v) is 4.38. The number of hydrogen-bond acceptors (Lipinski definition) is 7. The van der Waals surface area contributed by atoms with Gasteiger partial charge < -0.3 is 22.8 Å². The van der Waals surface area contributed by atoms with Crippen molar-refractivity contribution < 1.29 is 32.3 Å². The largest absolute Gasteiger partial charge is 0.501 e. The number of carbonyl (C=O) groups excluding carboxylic acids is 2. The van der Waals surface area contributed by atoms with Crippen molar-refractivity contribution >= 4 is 20.7 Å². The average Bonchev–Trinajstić information content (AvgIpc) is 2.53. The van der Waals surface area contributed by atoms with E-state index >= 15 is 0 Å². The first-order valence-electron chi connectivity index (χ1n) is 7.54. The molecule has 0 aliphatic carbocycles. The summed E-state index contributed by atoms with van der Waals surface area (Å²) in [5.41, 5.74) is 0. The van der Waals surface area contributed by atoms with Crippen LogP contribution in [0.1, 0.15) is 27.2 Å². The van der Waals surface area contributed by atoms with Gasteiger partial charge in [0, 0.05) is 44.4 Å². The minimum atomic E-state index is -2.92. The lowest BCUT2D eigenvalue weighted by atomic mass is 10.4. The van der Waals surface area contributed by atoms with Gasteiger partial charge in [0.1, 0.15) is 0 Å². The van der Waals surface area contributed by atoms with Crippen molar-refractivity contribution in [2.24, 2.45) is 0 Å². The maximum Gasteiger partial charge on any atom is 0.501 e. The maximum absolute atomic E-state index is 11.4. The van der Waals surface area contributed by atoms with Gasteiger partial charge in [0.25, 0.3) is 0 Å². The van der Waals surface area contributed by atoms with Crippen LogP contribution in [0, 0.1) is 0 Å². The van der Waals surface area contributed by atoms with Crippen molar-refractivity contribution in [1.82, 2.24) is 0 Å². The van der Waals surface area contributed by atoms with Crippen LogP contribution in [0.15, 0.2) is 25.3 Å². The molecule has 0 spiro atoms. The van der Waals surface area contributed by atoms with Gasteiger partial charge in [-0.15, -0.1) is 0 Å². The van der Waals surface area contributed by atoms with Gasteiger partial charge in [-0.25, -0.2) is 9.59 Å². The summed E-state index contributed by atoms with van der Waals surface area (Å²) in [6, 6.07) is 0.335. The summed E-state index contributed by atoms with van der Waals surface area (Å²) in [6.07, 6.45) is 1.09. The molecule has 0 aromatic rings. The zero-order chi connectivity index (χ0) is 17.7. The third-order valence-electron chi connectivity index (χ3n) is 2.61. The predicted molar refractivity (Wildman–Crippen MR) is 86.4 cm³/mol. The zero-order valence-electron chi connectivity index (χ0n) is 14.0. The van der Waals surface area contributed by atoms with Gasteiger partial charge in [-0.1, -0.05) is 13.2 Å². The highest BCUT2D eigenvalue weighted by Crippen LogP contribution is 2.21. The van der Waals surface area contributed by atoms with E-state index in [0.29, 0.717) is 25.9 Å². The molecule has 0 saturated carbocycles. The molecule has 0 amide bonds. The molecular weight excluding hydrogens is 320 g/mol. The standard InChI is InChI=1S/C15H26O7Si/c1-6-13(16)21-15(22-14(17)7-2)11-12-23(18-8-3,19-9-4)20-10-5/h6-7,15H,1-2,8-12H2,3-5H3. The number of carbonyl (C=O) groups is 2. The van der Waals surface area contributed by atoms with Crippen molar-refractivity contribution in [2.45, 2.75) is 39.5 Å². The number of esters is 2. The minimum Gasteiger partial charge on any atom is -0.422 e. The van der Waals surface area contributed by atoms with Crippen LogP contribution in [0.5, 0.6) is 0 Å². The molecule has 0 N–H and O–H groups in total. The SMILES string of the molecule is C=CC(=O)OC(CC[Si](OCC)(OCC)OCC)OC(=O)C=C. The Balaban J connectivity index is 4.96. The van der Waals surface area contributed by atoms with Crippen LogP contribution in [0.3, 0.4) is 0 Å². The van der Waals surface area contributed by atoms with Gasteiger partial charge in [-0.2, -0.15) is 0 Å². The summed E-state index contributed by atoms with van der Waals surface area (Å²) in [6.45, 7) is 13.4. The highest BCUT2D eigenvalue weighted by atomic mass is 28.4. The minimum absolute atomic E-state index is 0.186. The molecule has 0 radical (unpaired) electrons. The summed E-state index contributed by atoms with van der Waals surface area (Å²) in [5, 5.41) is 0. The van der Waals surface area contributed by atoms with Crippen LogP contribution in [-0.4, -0.2) is 46.9 Å². The second kappa shape index (κ2) is 12.0. The molecule has 0 heterocycles. The number of ether oxygens (including phenoxy) is 2. The average molecular weight is 346 g/mol. The Labute approximate surface area is 138 Å². The lowest BCUT2D eigenvalue weighted by Gasteiger charge is -2.29. The van der Waals surface area contributed by atoms with Gasteiger partial charge >= 0.3 is 20.7 Å². The second-order valence-corrected chi connectivity index (χ2v) is 6.96. The Hall–Kier alpha value is -1.48. The van der Waals surface area contributed by atoms with E-state index in [4.69, 9.17) is 22.8 Å². The molecule has 0 aromatic carbocycles. The number of rotatable bonds is 13. The highest BCUT2D eigenvalue weighted by molar-refractivity contribution is 6.60. The van der Waals surface area contributed by atoms with Crippen molar-refractivity contribution in [3.8, 4) is 0 Å². The second-order valence-electron chi connectivity index (χ2n) is 4.23. The van der Waals surface area contributed by atoms with E-state index in [1.54, 1.807) is 0 Å². The van der Waals surface area contributed by atoms with E-state index in [1.807, 2.05) is 20.8 Å². The number of hydrogen-bond donors (Lipinski definition) is 0. The van der Waals surface area contributed by atoms with E-state index in [0.717, 1.165) is 12.2 Å².